The van der Waals surface area contributed by atoms with Crippen LogP contribution in [0.5, 0.6) is 5.75 Å². The molecular formula is C12H6F4O3S. The van der Waals surface area contributed by atoms with Crippen LogP contribution in [0.15, 0.2) is 41.3 Å². The maximum atomic E-state index is 13.4. The Labute approximate surface area is 111 Å². The number of hydrogen-bond acceptors (Lipinski definition) is 3. The van der Waals surface area contributed by atoms with Gasteiger partial charge in [0.05, 0.1) is 0 Å². The van der Waals surface area contributed by atoms with Crippen molar-refractivity contribution >= 4 is 10.1 Å². The lowest BCUT2D eigenvalue weighted by Gasteiger charge is -2.09. The van der Waals surface area contributed by atoms with E-state index in [4.69, 9.17) is 0 Å². The van der Waals surface area contributed by atoms with Crippen LogP contribution >= 0.6 is 0 Å². The molecule has 0 aliphatic carbocycles. The molecule has 0 bridgehead atoms. The van der Waals surface area contributed by atoms with Crippen LogP contribution in [0, 0.1) is 23.3 Å². The molecule has 0 heterocycles. The fraction of sp³-hybridized carbons (Fsp3) is 0. The fourth-order valence-electron chi connectivity index (χ4n) is 1.42. The Hall–Kier alpha value is -2.09. The standard InChI is InChI=1S/C12H6F4O3S/c13-7-4-5-11(10(16)6-7)19-20(17,18)12-8(14)2-1-3-9(12)15/h1-6H. The molecule has 0 N–H and O–H groups in total. The zero-order valence-electron chi connectivity index (χ0n) is 9.61. The summed E-state index contributed by atoms with van der Waals surface area (Å²) < 4.78 is 80.4. The van der Waals surface area contributed by atoms with Gasteiger partial charge in [-0.25, -0.2) is 17.6 Å². The van der Waals surface area contributed by atoms with Crippen LogP contribution in [0.3, 0.4) is 0 Å². The summed E-state index contributed by atoms with van der Waals surface area (Å²) in [6.07, 6.45) is 0. The molecule has 8 heteroatoms. The van der Waals surface area contributed by atoms with Crippen molar-refractivity contribution in [1.29, 1.82) is 0 Å². The van der Waals surface area contributed by atoms with Gasteiger partial charge >= 0.3 is 10.1 Å². The lowest BCUT2D eigenvalue weighted by atomic mass is 10.3. The van der Waals surface area contributed by atoms with E-state index in [0.717, 1.165) is 12.1 Å². The van der Waals surface area contributed by atoms with Crippen molar-refractivity contribution in [3.63, 3.8) is 0 Å². The quantitative estimate of drug-likeness (QED) is 0.647. The maximum Gasteiger partial charge on any atom is 0.345 e. The van der Waals surface area contributed by atoms with Gasteiger partial charge in [0.15, 0.2) is 16.5 Å². The number of rotatable bonds is 3. The van der Waals surface area contributed by atoms with Crippen LogP contribution < -0.4 is 4.18 Å². The molecular weight excluding hydrogens is 300 g/mol. The third-order valence-electron chi connectivity index (χ3n) is 2.26. The summed E-state index contributed by atoms with van der Waals surface area (Å²) in [6.45, 7) is 0. The zero-order chi connectivity index (χ0) is 14.9. The monoisotopic (exact) mass is 306 g/mol. The van der Waals surface area contributed by atoms with Crippen LogP contribution in [0.25, 0.3) is 0 Å². The molecule has 0 amide bonds. The minimum atomic E-state index is -4.92. The summed E-state index contributed by atoms with van der Waals surface area (Å²) in [4.78, 5) is -1.34. The molecule has 0 spiro atoms. The van der Waals surface area contributed by atoms with Crippen molar-refractivity contribution in [2.75, 3.05) is 0 Å². The molecule has 106 valence electrons. The summed E-state index contributed by atoms with van der Waals surface area (Å²) in [5, 5.41) is 0. The first-order valence-electron chi connectivity index (χ1n) is 5.15. The van der Waals surface area contributed by atoms with Crippen molar-refractivity contribution in [1.82, 2.24) is 0 Å². The lowest BCUT2D eigenvalue weighted by Crippen LogP contribution is -2.14. The predicted molar refractivity (Wildman–Crippen MR) is 60.5 cm³/mol. The minimum absolute atomic E-state index is 0.378. The maximum absolute atomic E-state index is 13.4. The smallest absolute Gasteiger partial charge is 0.345 e. The van der Waals surface area contributed by atoms with Crippen LogP contribution in [0.2, 0.25) is 0 Å². The Morgan fingerprint density at radius 2 is 1.45 bits per heavy atom. The van der Waals surface area contributed by atoms with Crippen LogP contribution in [-0.4, -0.2) is 8.42 Å². The molecule has 0 aromatic heterocycles. The van der Waals surface area contributed by atoms with Gasteiger partial charge in [0.2, 0.25) is 0 Å². The lowest BCUT2D eigenvalue weighted by molar-refractivity contribution is 0.441. The summed E-state index contributed by atoms with van der Waals surface area (Å²) in [7, 11) is -4.92. The molecule has 20 heavy (non-hydrogen) atoms. The molecule has 0 aliphatic heterocycles. The van der Waals surface area contributed by atoms with E-state index in [1.165, 1.54) is 0 Å². The summed E-state index contributed by atoms with van der Waals surface area (Å²) in [5.41, 5.74) is 0. The van der Waals surface area contributed by atoms with Crippen LogP contribution in [0.4, 0.5) is 17.6 Å². The molecule has 2 rings (SSSR count). The molecule has 3 nitrogen and oxygen atoms in total. The molecule has 0 radical (unpaired) electrons. The predicted octanol–water partition coefficient (Wildman–Crippen LogP) is 3.01. The highest BCUT2D eigenvalue weighted by Gasteiger charge is 2.27. The first-order valence-corrected chi connectivity index (χ1v) is 6.55. The van der Waals surface area contributed by atoms with Crippen molar-refractivity contribution in [3.8, 4) is 5.75 Å². The topological polar surface area (TPSA) is 43.4 Å². The van der Waals surface area contributed by atoms with Crippen molar-refractivity contribution in [2.45, 2.75) is 4.90 Å². The van der Waals surface area contributed by atoms with E-state index in [0.29, 0.717) is 24.3 Å². The summed E-state index contributed by atoms with van der Waals surface area (Å²) in [5.74, 6) is -5.90. The fourth-order valence-corrected chi connectivity index (χ4v) is 2.49. The molecule has 0 unspecified atom stereocenters. The normalized spacial score (nSPS) is 11.4. The molecule has 2 aromatic rings. The molecule has 0 saturated carbocycles. The van der Waals surface area contributed by atoms with Gasteiger partial charge in [0.1, 0.15) is 17.5 Å². The van der Waals surface area contributed by atoms with E-state index in [1.54, 1.807) is 0 Å². The molecule has 0 aliphatic rings. The van der Waals surface area contributed by atoms with E-state index in [-0.39, 0.29) is 0 Å². The highest BCUT2D eigenvalue weighted by molar-refractivity contribution is 7.87. The molecule has 0 atom stereocenters. The van der Waals surface area contributed by atoms with Gasteiger partial charge in [-0.2, -0.15) is 8.42 Å². The van der Waals surface area contributed by atoms with E-state index in [1.807, 2.05) is 0 Å². The number of halogens is 4. The van der Waals surface area contributed by atoms with Gasteiger partial charge in [0.25, 0.3) is 0 Å². The largest absolute Gasteiger partial charge is 0.376 e. The third-order valence-corrected chi connectivity index (χ3v) is 3.55. The van der Waals surface area contributed by atoms with Gasteiger partial charge in [0, 0.05) is 6.07 Å². The van der Waals surface area contributed by atoms with Crippen LogP contribution in [-0.2, 0) is 10.1 Å². The van der Waals surface area contributed by atoms with Gasteiger partial charge in [-0.05, 0) is 24.3 Å². The molecule has 0 fully saturated rings. The van der Waals surface area contributed by atoms with Crippen molar-refractivity contribution < 1.29 is 30.2 Å². The van der Waals surface area contributed by atoms with Gasteiger partial charge in [-0.15, -0.1) is 0 Å². The molecule has 2 aromatic carbocycles. The second kappa shape index (κ2) is 5.12. The second-order valence-corrected chi connectivity index (χ2v) is 5.15. The molecule has 0 saturated heterocycles. The van der Waals surface area contributed by atoms with E-state index in [9.17, 15) is 26.0 Å². The Morgan fingerprint density at radius 1 is 0.850 bits per heavy atom. The van der Waals surface area contributed by atoms with Gasteiger partial charge in [-0.3, -0.25) is 0 Å². The third kappa shape index (κ3) is 2.74. The van der Waals surface area contributed by atoms with Crippen molar-refractivity contribution in [2.24, 2.45) is 0 Å². The first-order chi connectivity index (χ1) is 9.31. The van der Waals surface area contributed by atoms with Gasteiger partial charge in [-0.1, -0.05) is 6.07 Å². The number of benzene rings is 2. The Morgan fingerprint density at radius 3 is 2.00 bits per heavy atom. The van der Waals surface area contributed by atoms with Crippen LogP contribution in [0.1, 0.15) is 0 Å². The first kappa shape index (κ1) is 14.3. The summed E-state index contributed by atoms with van der Waals surface area (Å²) >= 11 is 0. The van der Waals surface area contributed by atoms with Crippen molar-refractivity contribution in [3.05, 3.63) is 59.7 Å². The Bertz CT molecular complexity index is 739. The highest BCUT2D eigenvalue weighted by atomic mass is 32.2. The average Bonchev–Trinajstić information content (AvgIpc) is 2.32. The zero-order valence-corrected chi connectivity index (χ0v) is 10.4. The SMILES string of the molecule is O=S(=O)(Oc1ccc(F)cc1F)c1c(F)cccc1F. The average molecular weight is 306 g/mol. The second-order valence-electron chi connectivity index (χ2n) is 3.66. The van der Waals surface area contributed by atoms with E-state index < -0.39 is 44.0 Å². The number of hydrogen-bond donors (Lipinski definition) is 0. The highest BCUT2D eigenvalue weighted by Crippen LogP contribution is 2.25. The Kier molecular flexibility index (Phi) is 3.67. The summed E-state index contributed by atoms with van der Waals surface area (Å²) in [6, 6.07) is 4.19. The van der Waals surface area contributed by atoms with Gasteiger partial charge < -0.3 is 4.18 Å². The Balaban J connectivity index is 2.46. The minimum Gasteiger partial charge on any atom is -0.376 e. The van der Waals surface area contributed by atoms with E-state index in [2.05, 4.69) is 4.18 Å². The van der Waals surface area contributed by atoms with E-state index >= 15 is 0 Å².